The molecule has 0 saturated heterocycles. The highest BCUT2D eigenvalue weighted by Gasteiger charge is 2.17. The van der Waals surface area contributed by atoms with Crippen LogP contribution in [0.4, 0.5) is 0 Å². The van der Waals surface area contributed by atoms with E-state index in [1.165, 1.54) is 6.20 Å². The lowest BCUT2D eigenvalue weighted by atomic mass is 10.0. The molecule has 4 nitrogen and oxygen atoms in total. The van der Waals surface area contributed by atoms with Crippen LogP contribution < -0.4 is 4.74 Å². The van der Waals surface area contributed by atoms with E-state index in [2.05, 4.69) is 17.6 Å². The van der Waals surface area contributed by atoms with Gasteiger partial charge in [-0.15, -0.1) is 0 Å². The van der Waals surface area contributed by atoms with Crippen LogP contribution in [0.5, 0.6) is 5.88 Å². The average Bonchev–Trinajstić information content (AvgIpc) is 2.30. The van der Waals surface area contributed by atoms with E-state index in [1.807, 2.05) is 6.92 Å². The summed E-state index contributed by atoms with van der Waals surface area (Å²) in [7, 11) is 0. The zero-order chi connectivity index (χ0) is 12.0. The quantitative estimate of drug-likeness (QED) is 0.657. The first-order valence-corrected chi connectivity index (χ1v) is 5.88. The molecule has 0 radical (unpaired) electrons. The SMILES string of the molecule is CCOc1ccc(C(O)C(O)CCS)cn1. The zero-order valence-corrected chi connectivity index (χ0v) is 10.1. The predicted molar refractivity (Wildman–Crippen MR) is 64.8 cm³/mol. The molecule has 1 heterocycles. The fraction of sp³-hybridized carbons (Fsp3) is 0.545. The number of aromatic nitrogens is 1. The van der Waals surface area contributed by atoms with Gasteiger partial charge in [0, 0.05) is 17.8 Å². The Labute approximate surface area is 101 Å². The molecule has 5 heteroatoms. The lowest BCUT2D eigenvalue weighted by Crippen LogP contribution is -2.18. The lowest BCUT2D eigenvalue weighted by molar-refractivity contribution is 0.0170. The number of aliphatic hydroxyl groups is 2. The summed E-state index contributed by atoms with van der Waals surface area (Å²) < 4.78 is 5.18. The van der Waals surface area contributed by atoms with Crippen molar-refractivity contribution in [2.75, 3.05) is 12.4 Å². The molecule has 90 valence electrons. The van der Waals surface area contributed by atoms with Gasteiger partial charge in [0.15, 0.2) is 0 Å². The fourth-order valence-corrected chi connectivity index (χ4v) is 1.58. The molecule has 0 aliphatic carbocycles. The van der Waals surface area contributed by atoms with Crippen LogP contribution in [0.3, 0.4) is 0 Å². The van der Waals surface area contributed by atoms with Gasteiger partial charge in [-0.25, -0.2) is 4.98 Å². The normalized spacial score (nSPS) is 14.5. The van der Waals surface area contributed by atoms with Gasteiger partial charge in [-0.2, -0.15) is 12.6 Å². The van der Waals surface area contributed by atoms with Crippen LogP contribution in [-0.4, -0.2) is 33.7 Å². The van der Waals surface area contributed by atoms with Crippen LogP contribution in [0.25, 0.3) is 0 Å². The van der Waals surface area contributed by atoms with Crippen LogP contribution in [0.2, 0.25) is 0 Å². The van der Waals surface area contributed by atoms with E-state index in [0.717, 1.165) is 0 Å². The van der Waals surface area contributed by atoms with Crippen LogP contribution >= 0.6 is 12.6 Å². The number of ether oxygens (including phenoxy) is 1. The number of hydrogen-bond donors (Lipinski definition) is 3. The number of hydrogen-bond acceptors (Lipinski definition) is 5. The molecule has 2 atom stereocenters. The summed E-state index contributed by atoms with van der Waals surface area (Å²) in [4.78, 5) is 4.02. The van der Waals surface area contributed by atoms with E-state index in [1.54, 1.807) is 12.1 Å². The molecule has 0 bridgehead atoms. The van der Waals surface area contributed by atoms with Gasteiger partial charge in [0.1, 0.15) is 6.10 Å². The second-order valence-corrected chi connectivity index (χ2v) is 3.83. The van der Waals surface area contributed by atoms with Crippen molar-refractivity contribution in [2.45, 2.75) is 25.6 Å². The maximum atomic E-state index is 9.78. The summed E-state index contributed by atoms with van der Waals surface area (Å²) in [6.07, 6.45) is 0.224. The van der Waals surface area contributed by atoms with Crippen LogP contribution in [0.1, 0.15) is 25.0 Å². The Hall–Kier alpha value is -0.780. The molecule has 1 rings (SSSR count). The van der Waals surface area contributed by atoms with Crippen LogP contribution in [0.15, 0.2) is 18.3 Å². The smallest absolute Gasteiger partial charge is 0.213 e. The van der Waals surface area contributed by atoms with Gasteiger partial charge in [-0.05, 0) is 25.2 Å². The molecule has 0 aromatic carbocycles. The Morgan fingerprint density at radius 2 is 2.19 bits per heavy atom. The molecular formula is C11H17NO3S. The second kappa shape index (κ2) is 6.73. The van der Waals surface area contributed by atoms with Crippen molar-refractivity contribution < 1.29 is 14.9 Å². The van der Waals surface area contributed by atoms with E-state index in [4.69, 9.17) is 4.74 Å². The average molecular weight is 243 g/mol. The summed E-state index contributed by atoms with van der Waals surface area (Å²) >= 11 is 4.00. The Kier molecular flexibility index (Phi) is 5.59. The van der Waals surface area contributed by atoms with Crippen LogP contribution in [0, 0.1) is 0 Å². The summed E-state index contributed by atoms with van der Waals surface area (Å²) in [5.74, 6) is 1.05. The van der Waals surface area contributed by atoms with Gasteiger partial charge in [-0.1, -0.05) is 0 Å². The topological polar surface area (TPSA) is 62.6 Å². The van der Waals surface area contributed by atoms with Gasteiger partial charge in [0.2, 0.25) is 5.88 Å². The van der Waals surface area contributed by atoms with Gasteiger partial charge < -0.3 is 14.9 Å². The Balaban J connectivity index is 2.65. The molecule has 16 heavy (non-hydrogen) atoms. The molecule has 0 fully saturated rings. The van der Waals surface area contributed by atoms with Gasteiger partial charge in [0.25, 0.3) is 0 Å². The van der Waals surface area contributed by atoms with E-state index < -0.39 is 12.2 Å². The molecule has 2 N–H and O–H groups in total. The molecule has 0 spiro atoms. The van der Waals surface area contributed by atoms with Gasteiger partial charge in [-0.3, -0.25) is 0 Å². The van der Waals surface area contributed by atoms with Gasteiger partial charge >= 0.3 is 0 Å². The summed E-state index contributed by atoms with van der Waals surface area (Å²) in [6.45, 7) is 2.43. The highest BCUT2D eigenvalue weighted by Crippen LogP contribution is 2.20. The van der Waals surface area contributed by atoms with Crippen molar-refractivity contribution in [3.63, 3.8) is 0 Å². The van der Waals surface area contributed by atoms with E-state index >= 15 is 0 Å². The maximum Gasteiger partial charge on any atom is 0.213 e. The monoisotopic (exact) mass is 243 g/mol. The van der Waals surface area contributed by atoms with Gasteiger partial charge in [0.05, 0.1) is 12.7 Å². The number of nitrogens with zero attached hydrogens (tertiary/aromatic N) is 1. The molecule has 0 aliphatic rings. The minimum Gasteiger partial charge on any atom is -0.478 e. The summed E-state index contributed by atoms with van der Waals surface area (Å²) in [6, 6.07) is 3.37. The number of aliphatic hydroxyl groups excluding tert-OH is 2. The molecule has 1 aromatic heterocycles. The van der Waals surface area contributed by atoms with Crippen molar-refractivity contribution >= 4 is 12.6 Å². The summed E-state index contributed by atoms with van der Waals surface area (Å²) in [5.41, 5.74) is 0.581. The van der Waals surface area contributed by atoms with Crippen molar-refractivity contribution in [3.05, 3.63) is 23.9 Å². The second-order valence-electron chi connectivity index (χ2n) is 3.39. The standard InChI is InChI=1S/C11H17NO3S/c1-2-15-10-4-3-8(7-12-10)11(14)9(13)5-6-16/h3-4,7,9,11,13-14,16H,2,5-6H2,1H3. The minimum absolute atomic E-state index is 0.442. The minimum atomic E-state index is -0.921. The number of thiol groups is 1. The third kappa shape index (κ3) is 3.66. The van der Waals surface area contributed by atoms with Crippen molar-refractivity contribution in [1.29, 1.82) is 0 Å². The Morgan fingerprint density at radius 3 is 2.69 bits per heavy atom. The molecule has 2 unspecified atom stereocenters. The third-order valence-corrected chi connectivity index (χ3v) is 2.44. The Morgan fingerprint density at radius 1 is 1.44 bits per heavy atom. The predicted octanol–water partition coefficient (Wildman–Crippen LogP) is 1.19. The van der Waals surface area contributed by atoms with E-state index in [0.29, 0.717) is 30.2 Å². The first-order chi connectivity index (χ1) is 7.69. The molecule has 0 aliphatic heterocycles. The maximum absolute atomic E-state index is 9.78. The molecule has 1 aromatic rings. The first kappa shape index (κ1) is 13.3. The number of pyridine rings is 1. The molecule has 0 amide bonds. The highest BCUT2D eigenvalue weighted by atomic mass is 32.1. The third-order valence-electron chi connectivity index (χ3n) is 2.18. The van der Waals surface area contributed by atoms with Crippen LogP contribution in [-0.2, 0) is 0 Å². The first-order valence-electron chi connectivity index (χ1n) is 5.24. The largest absolute Gasteiger partial charge is 0.478 e. The van der Waals surface area contributed by atoms with Crippen molar-refractivity contribution in [3.8, 4) is 5.88 Å². The van der Waals surface area contributed by atoms with Crippen molar-refractivity contribution in [2.24, 2.45) is 0 Å². The lowest BCUT2D eigenvalue weighted by Gasteiger charge is -2.17. The van der Waals surface area contributed by atoms with E-state index in [-0.39, 0.29) is 0 Å². The molecular weight excluding hydrogens is 226 g/mol. The van der Waals surface area contributed by atoms with E-state index in [9.17, 15) is 10.2 Å². The summed E-state index contributed by atoms with van der Waals surface area (Å²) in [5, 5.41) is 19.4. The fourth-order valence-electron chi connectivity index (χ4n) is 1.31. The molecule has 0 saturated carbocycles. The zero-order valence-electron chi connectivity index (χ0n) is 9.21. The number of rotatable bonds is 6. The highest BCUT2D eigenvalue weighted by molar-refractivity contribution is 7.80. The van der Waals surface area contributed by atoms with Crippen molar-refractivity contribution in [1.82, 2.24) is 4.98 Å². The Bertz CT molecular complexity index is 305.